The van der Waals surface area contributed by atoms with Crippen LogP contribution in [-0.4, -0.2) is 35.5 Å². The maximum Gasteiger partial charge on any atom is 0.337 e. The summed E-state index contributed by atoms with van der Waals surface area (Å²) >= 11 is 0. The molecular formula is C13H13NO4. The van der Waals surface area contributed by atoms with Crippen LogP contribution in [-0.2, 0) is 20.9 Å². The van der Waals surface area contributed by atoms with Gasteiger partial charge in [-0.1, -0.05) is 30.3 Å². The van der Waals surface area contributed by atoms with Gasteiger partial charge in [0.2, 0.25) is 0 Å². The molecule has 0 aromatic heterocycles. The lowest BCUT2D eigenvalue weighted by atomic mass is 10.2. The molecule has 0 saturated heterocycles. The molecule has 1 aliphatic rings. The second kappa shape index (κ2) is 4.91. The van der Waals surface area contributed by atoms with Gasteiger partial charge in [0.05, 0.1) is 13.7 Å². The number of amides is 1. The Morgan fingerprint density at radius 2 is 2.06 bits per heavy atom. The van der Waals surface area contributed by atoms with E-state index in [1.165, 1.54) is 12.0 Å². The average molecular weight is 247 g/mol. The van der Waals surface area contributed by atoms with Crippen LogP contribution >= 0.6 is 0 Å². The van der Waals surface area contributed by atoms with Gasteiger partial charge in [0.15, 0.2) is 5.76 Å². The molecule has 0 radical (unpaired) electrons. The topological polar surface area (TPSA) is 66.8 Å². The molecule has 0 saturated carbocycles. The van der Waals surface area contributed by atoms with Crippen molar-refractivity contribution in [3.8, 4) is 0 Å². The first-order chi connectivity index (χ1) is 8.63. The van der Waals surface area contributed by atoms with Gasteiger partial charge >= 0.3 is 5.97 Å². The van der Waals surface area contributed by atoms with E-state index >= 15 is 0 Å². The molecule has 0 spiro atoms. The summed E-state index contributed by atoms with van der Waals surface area (Å²) in [4.78, 5) is 24.4. The van der Waals surface area contributed by atoms with E-state index in [0.29, 0.717) is 6.54 Å². The molecule has 0 fully saturated rings. The Morgan fingerprint density at radius 3 is 2.56 bits per heavy atom. The van der Waals surface area contributed by atoms with Gasteiger partial charge in [-0.05, 0) is 5.56 Å². The Bertz CT molecular complexity index is 507. The Morgan fingerprint density at radius 1 is 1.39 bits per heavy atom. The average Bonchev–Trinajstić information content (AvgIpc) is 2.68. The van der Waals surface area contributed by atoms with Crippen LogP contribution in [0.1, 0.15) is 5.56 Å². The summed E-state index contributed by atoms with van der Waals surface area (Å²) in [6, 6.07) is 9.41. The quantitative estimate of drug-likeness (QED) is 0.862. The fourth-order valence-corrected chi connectivity index (χ4v) is 1.91. The number of carbonyl (C=O) groups excluding carboxylic acids is 1. The fourth-order valence-electron chi connectivity index (χ4n) is 1.91. The highest BCUT2D eigenvalue weighted by atomic mass is 16.5. The standard InChI is InChI=1S/C13H13NO4/c1-18-11-10(13(16)17)8-14(12(11)15)7-9-5-3-2-4-6-9/h2-6H,7-8H2,1H3,(H,16,17). The highest BCUT2D eigenvalue weighted by Gasteiger charge is 2.34. The molecule has 0 aliphatic carbocycles. The highest BCUT2D eigenvalue weighted by molar-refractivity contribution is 6.04. The van der Waals surface area contributed by atoms with Crippen LogP contribution in [0.5, 0.6) is 0 Å². The molecule has 0 bridgehead atoms. The van der Waals surface area contributed by atoms with Crippen LogP contribution in [0.3, 0.4) is 0 Å². The summed E-state index contributed by atoms with van der Waals surface area (Å²) in [5.41, 5.74) is 0.964. The van der Waals surface area contributed by atoms with E-state index in [1.54, 1.807) is 0 Å². The first-order valence-electron chi connectivity index (χ1n) is 5.47. The predicted molar refractivity (Wildman–Crippen MR) is 63.5 cm³/mol. The maximum atomic E-state index is 11.9. The van der Waals surface area contributed by atoms with Gasteiger partial charge in [0, 0.05) is 6.54 Å². The van der Waals surface area contributed by atoms with Crippen molar-refractivity contribution in [3.05, 3.63) is 47.2 Å². The SMILES string of the molecule is COC1=C(C(=O)O)CN(Cc2ccccc2)C1=O. The van der Waals surface area contributed by atoms with Crippen molar-refractivity contribution >= 4 is 11.9 Å². The van der Waals surface area contributed by atoms with Gasteiger partial charge in [-0.15, -0.1) is 0 Å². The summed E-state index contributed by atoms with van der Waals surface area (Å²) in [5.74, 6) is -1.56. The fraction of sp³-hybridized carbons (Fsp3) is 0.231. The van der Waals surface area contributed by atoms with Gasteiger partial charge in [0.1, 0.15) is 5.57 Å². The van der Waals surface area contributed by atoms with E-state index in [-0.39, 0.29) is 23.8 Å². The lowest BCUT2D eigenvalue weighted by Crippen LogP contribution is -2.27. The van der Waals surface area contributed by atoms with E-state index in [4.69, 9.17) is 9.84 Å². The largest absolute Gasteiger partial charge is 0.491 e. The zero-order valence-electron chi connectivity index (χ0n) is 9.92. The Balaban J connectivity index is 2.16. The van der Waals surface area contributed by atoms with E-state index < -0.39 is 5.97 Å². The number of nitrogens with zero attached hydrogens (tertiary/aromatic N) is 1. The number of hydrogen-bond acceptors (Lipinski definition) is 3. The van der Waals surface area contributed by atoms with E-state index in [0.717, 1.165) is 5.56 Å². The van der Waals surface area contributed by atoms with Crippen LogP contribution in [0, 0.1) is 0 Å². The molecule has 1 aromatic rings. The summed E-state index contributed by atoms with van der Waals surface area (Å²) in [7, 11) is 1.31. The van der Waals surface area contributed by atoms with E-state index in [2.05, 4.69) is 0 Å². The van der Waals surface area contributed by atoms with Crippen molar-refractivity contribution in [3.63, 3.8) is 0 Å². The molecule has 1 heterocycles. The summed E-state index contributed by atoms with van der Waals surface area (Å²) in [5, 5.41) is 9.00. The Labute approximate surface area is 104 Å². The van der Waals surface area contributed by atoms with E-state index in [9.17, 15) is 9.59 Å². The first kappa shape index (κ1) is 12.2. The molecule has 0 unspecified atom stereocenters. The molecule has 1 aliphatic heterocycles. The molecule has 2 rings (SSSR count). The number of carboxylic acids is 1. The number of ether oxygens (including phenoxy) is 1. The number of carboxylic acid groups (broad SMARTS) is 1. The third kappa shape index (κ3) is 2.20. The zero-order valence-corrected chi connectivity index (χ0v) is 9.92. The van der Waals surface area contributed by atoms with Crippen molar-refractivity contribution in [2.45, 2.75) is 6.54 Å². The molecule has 18 heavy (non-hydrogen) atoms. The third-order valence-corrected chi connectivity index (χ3v) is 2.78. The van der Waals surface area contributed by atoms with Crippen LogP contribution in [0.2, 0.25) is 0 Å². The normalized spacial score (nSPS) is 15.2. The minimum absolute atomic E-state index is 0.0124. The van der Waals surface area contributed by atoms with Gasteiger partial charge < -0.3 is 14.7 Å². The summed E-state index contributed by atoms with van der Waals surface area (Å²) < 4.78 is 4.87. The van der Waals surface area contributed by atoms with Gasteiger partial charge in [-0.2, -0.15) is 0 Å². The number of benzene rings is 1. The van der Waals surface area contributed by atoms with Crippen molar-refractivity contribution in [2.75, 3.05) is 13.7 Å². The molecule has 0 atom stereocenters. The number of aliphatic carboxylic acids is 1. The number of methoxy groups -OCH3 is 1. The minimum Gasteiger partial charge on any atom is -0.491 e. The molecule has 5 nitrogen and oxygen atoms in total. The number of rotatable bonds is 4. The van der Waals surface area contributed by atoms with Gasteiger partial charge in [-0.25, -0.2) is 4.79 Å². The Hall–Kier alpha value is -2.30. The van der Waals surface area contributed by atoms with E-state index in [1.807, 2.05) is 30.3 Å². The van der Waals surface area contributed by atoms with Crippen LogP contribution < -0.4 is 0 Å². The van der Waals surface area contributed by atoms with Crippen molar-refractivity contribution in [1.82, 2.24) is 4.90 Å². The molecule has 94 valence electrons. The lowest BCUT2D eigenvalue weighted by Gasteiger charge is -2.16. The monoisotopic (exact) mass is 247 g/mol. The molecular weight excluding hydrogens is 234 g/mol. The number of hydrogen-bond donors (Lipinski definition) is 1. The molecule has 1 N–H and O–H groups in total. The maximum absolute atomic E-state index is 11.9. The summed E-state index contributed by atoms with van der Waals surface area (Å²) in [6.45, 7) is 0.454. The molecule has 5 heteroatoms. The first-order valence-corrected chi connectivity index (χ1v) is 5.47. The van der Waals surface area contributed by atoms with Crippen LogP contribution in [0.25, 0.3) is 0 Å². The summed E-state index contributed by atoms with van der Waals surface area (Å²) in [6.07, 6.45) is 0. The lowest BCUT2D eigenvalue weighted by molar-refractivity contribution is -0.133. The Kier molecular flexibility index (Phi) is 3.32. The minimum atomic E-state index is -1.12. The van der Waals surface area contributed by atoms with Crippen molar-refractivity contribution in [2.24, 2.45) is 0 Å². The second-order valence-corrected chi connectivity index (χ2v) is 3.96. The third-order valence-electron chi connectivity index (χ3n) is 2.78. The van der Waals surface area contributed by atoms with Crippen molar-refractivity contribution < 1.29 is 19.4 Å². The highest BCUT2D eigenvalue weighted by Crippen LogP contribution is 2.21. The van der Waals surface area contributed by atoms with Crippen LogP contribution in [0.4, 0.5) is 0 Å². The zero-order chi connectivity index (χ0) is 13.1. The second-order valence-electron chi connectivity index (χ2n) is 3.96. The molecule has 1 amide bonds. The van der Waals surface area contributed by atoms with Gasteiger partial charge in [0.25, 0.3) is 5.91 Å². The molecule has 1 aromatic carbocycles. The smallest absolute Gasteiger partial charge is 0.337 e. The van der Waals surface area contributed by atoms with Crippen molar-refractivity contribution in [1.29, 1.82) is 0 Å². The number of carbonyl (C=O) groups is 2. The predicted octanol–water partition coefficient (Wildman–Crippen LogP) is 1.01. The van der Waals surface area contributed by atoms with Gasteiger partial charge in [-0.3, -0.25) is 4.79 Å². The van der Waals surface area contributed by atoms with Crippen LogP contribution in [0.15, 0.2) is 41.7 Å².